The topological polar surface area (TPSA) is 91.7 Å². The van der Waals surface area contributed by atoms with Crippen LogP contribution in [0.15, 0.2) is 47.1 Å². The van der Waals surface area contributed by atoms with E-state index in [-0.39, 0.29) is 23.5 Å². The van der Waals surface area contributed by atoms with Crippen molar-refractivity contribution in [3.8, 4) is 0 Å². The molecule has 1 saturated carbocycles. The van der Waals surface area contributed by atoms with Crippen LogP contribution in [0.2, 0.25) is 0 Å². The lowest BCUT2D eigenvalue weighted by Gasteiger charge is -2.17. The van der Waals surface area contributed by atoms with Gasteiger partial charge in [-0.05, 0) is 49.1 Å². The van der Waals surface area contributed by atoms with Crippen LogP contribution < -0.4 is 10.6 Å². The zero-order valence-electron chi connectivity index (χ0n) is 15.9. The molecule has 0 unspecified atom stereocenters. The van der Waals surface area contributed by atoms with Gasteiger partial charge in [-0.25, -0.2) is 0 Å². The number of nitrogens with zero attached hydrogens (tertiary/aromatic N) is 1. The molecule has 0 bridgehead atoms. The second-order valence-electron chi connectivity index (χ2n) is 7.03. The van der Waals surface area contributed by atoms with Crippen LogP contribution in [0, 0.1) is 0 Å². The van der Waals surface area contributed by atoms with Gasteiger partial charge in [0.1, 0.15) is 0 Å². The summed E-state index contributed by atoms with van der Waals surface area (Å²) in [5.41, 5.74) is 1.60. The predicted molar refractivity (Wildman–Crippen MR) is 104 cm³/mol. The fourth-order valence-electron chi connectivity index (χ4n) is 2.75. The smallest absolute Gasteiger partial charge is 0.286 e. The molecule has 148 valence electrons. The predicted octanol–water partition coefficient (Wildman–Crippen LogP) is 2.34. The molecule has 1 aromatic heterocycles. The van der Waals surface area contributed by atoms with Gasteiger partial charge < -0.3 is 20.0 Å². The highest BCUT2D eigenvalue weighted by atomic mass is 16.3. The minimum Gasteiger partial charge on any atom is -0.459 e. The van der Waals surface area contributed by atoms with E-state index in [0.717, 1.165) is 18.4 Å². The summed E-state index contributed by atoms with van der Waals surface area (Å²) in [7, 11) is 1.75. The zero-order chi connectivity index (χ0) is 19.9. The second-order valence-corrected chi connectivity index (χ2v) is 7.03. The summed E-state index contributed by atoms with van der Waals surface area (Å²) in [5.74, 6) is -0.0628. The van der Waals surface area contributed by atoms with Crippen molar-refractivity contribution in [2.24, 2.45) is 0 Å². The Bertz CT molecular complexity index is 811. The van der Waals surface area contributed by atoms with Crippen LogP contribution in [-0.2, 0) is 11.3 Å². The first-order valence-electron chi connectivity index (χ1n) is 9.48. The maximum atomic E-state index is 12.3. The number of carbonyl (C=O) groups is 3. The Labute approximate surface area is 164 Å². The van der Waals surface area contributed by atoms with E-state index in [1.54, 1.807) is 36.2 Å². The summed E-state index contributed by atoms with van der Waals surface area (Å²) in [6.07, 6.45) is 4.46. The molecule has 28 heavy (non-hydrogen) atoms. The third-order valence-electron chi connectivity index (χ3n) is 4.57. The van der Waals surface area contributed by atoms with Crippen molar-refractivity contribution in [1.29, 1.82) is 0 Å². The number of hydrogen-bond donors (Lipinski definition) is 2. The van der Waals surface area contributed by atoms with Gasteiger partial charge in [-0.1, -0.05) is 12.1 Å². The van der Waals surface area contributed by atoms with E-state index in [9.17, 15) is 14.4 Å². The number of carbonyl (C=O) groups excluding carboxylic acids is 3. The number of nitrogens with one attached hydrogen (secondary N) is 2. The molecule has 0 aliphatic heterocycles. The average molecular weight is 383 g/mol. The highest BCUT2D eigenvalue weighted by Gasteiger charge is 2.23. The van der Waals surface area contributed by atoms with E-state index in [1.807, 2.05) is 12.1 Å². The maximum Gasteiger partial charge on any atom is 0.286 e. The summed E-state index contributed by atoms with van der Waals surface area (Å²) in [5, 5.41) is 5.68. The number of benzene rings is 1. The van der Waals surface area contributed by atoms with Gasteiger partial charge in [-0.2, -0.15) is 0 Å². The molecule has 0 atom stereocenters. The quantitative estimate of drug-likeness (QED) is 0.650. The average Bonchev–Trinajstić information content (AvgIpc) is 3.33. The van der Waals surface area contributed by atoms with E-state index in [1.165, 1.54) is 6.26 Å². The van der Waals surface area contributed by atoms with Gasteiger partial charge in [0.25, 0.3) is 11.8 Å². The molecule has 1 aromatic carbocycles. The van der Waals surface area contributed by atoms with Crippen LogP contribution in [0.25, 0.3) is 0 Å². The SMILES string of the molecule is CN(Cc1ccc(C(=O)NC2CC2)cc1)C(=O)CCCNC(=O)c1ccco1. The van der Waals surface area contributed by atoms with E-state index in [0.29, 0.717) is 37.5 Å². The molecule has 2 N–H and O–H groups in total. The first-order valence-corrected chi connectivity index (χ1v) is 9.48. The van der Waals surface area contributed by atoms with Gasteiger partial charge in [-0.15, -0.1) is 0 Å². The number of hydrogen-bond acceptors (Lipinski definition) is 4. The highest BCUT2D eigenvalue weighted by molar-refractivity contribution is 5.94. The Morgan fingerprint density at radius 1 is 1.11 bits per heavy atom. The number of furan rings is 1. The molecular formula is C21H25N3O4. The van der Waals surface area contributed by atoms with Crippen LogP contribution in [0.1, 0.15) is 52.2 Å². The number of rotatable bonds is 9. The molecule has 2 aromatic rings. The summed E-state index contributed by atoms with van der Waals surface area (Å²) in [6, 6.07) is 10.9. The molecule has 7 heteroatoms. The van der Waals surface area contributed by atoms with Crippen LogP contribution in [0.3, 0.4) is 0 Å². The van der Waals surface area contributed by atoms with Crippen LogP contribution >= 0.6 is 0 Å². The molecule has 1 heterocycles. The molecule has 7 nitrogen and oxygen atoms in total. The molecule has 3 rings (SSSR count). The third kappa shape index (κ3) is 5.70. The molecule has 1 aliphatic carbocycles. The fourth-order valence-corrected chi connectivity index (χ4v) is 2.75. The van der Waals surface area contributed by atoms with Crippen molar-refractivity contribution in [3.05, 3.63) is 59.5 Å². The molecule has 3 amide bonds. The summed E-state index contributed by atoms with van der Waals surface area (Å²) < 4.78 is 5.01. The molecule has 1 fully saturated rings. The normalized spacial score (nSPS) is 13.0. The Morgan fingerprint density at radius 2 is 1.86 bits per heavy atom. The van der Waals surface area contributed by atoms with Gasteiger partial charge in [-0.3, -0.25) is 14.4 Å². The summed E-state index contributed by atoms with van der Waals surface area (Å²) in [4.78, 5) is 37.6. The van der Waals surface area contributed by atoms with E-state index in [4.69, 9.17) is 4.42 Å². The minimum atomic E-state index is -0.281. The van der Waals surface area contributed by atoms with Gasteiger partial charge in [0, 0.05) is 38.2 Å². The van der Waals surface area contributed by atoms with Gasteiger partial charge >= 0.3 is 0 Å². The van der Waals surface area contributed by atoms with Crippen molar-refractivity contribution >= 4 is 17.7 Å². The van der Waals surface area contributed by atoms with Gasteiger partial charge in [0.05, 0.1) is 6.26 Å². The van der Waals surface area contributed by atoms with Crippen molar-refractivity contribution < 1.29 is 18.8 Å². The van der Waals surface area contributed by atoms with Crippen molar-refractivity contribution in [1.82, 2.24) is 15.5 Å². The maximum absolute atomic E-state index is 12.3. The van der Waals surface area contributed by atoms with Crippen LogP contribution in [-0.4, -0.2) is 42.3 Å². The molecule has 0 radical (unpaired) electrons. The minimum absolute atomic E-state index is 0.00259. The van der Waals surface area contributed by atoms with E-state index < -0.39 is 0 Å². The standard InChI is InChI=1S/C21H25N3O4/c1-24(19(25)5-2-12-22-21(27)18-4-3-13-28-18)14-15-6-8-16(9-7-15)20(26)23-17-10-11-17/h3-4,6-9,13,17H,2,5,10-12,14H2,1H3,(H,22,27)(H,23,26). The van der Waals surface area contributed by atoms with E-state index in [2.05, 4.69) is 10.6 Å². The largest absolute Gasteiger partial charge is 0.459 e. The summed E-state index contributed by atoms with van der Waals surface area (Å²) in [6.45, 7) is 0.881. The van der Waals surface area contributed by atoms with Gasteiger partial charge in [0.2, 0.25) is 5.91 Å². The lowest BCUT2D eigenvalue weighted by molar-refractivity contribution is -0.130. The van der Waals surface area contributed by atoms with E-state index >= 15 is 0 Å². The lowest BCUT2D eigenvalue weighted by atomic mass is 10.1. The lowest BCUT2D eigenvalue weighted by Crippen LogP contribution is -2.28. The van der Waals surface area contributed by atoms with Crippen LogP contribution in [0.4, 0.5) is 0 Å². The second kappa shape index (κ2) is 9.21. The van der Waals surface area contributed by atoms with Crippen molar-refractivity contribution in [2.75, 3.05) is 13.6 Å². The Morgan fingerprint density at radius 3 is 2.50 bits per heavy atom. The van der Waals surface area contributed by atoms with Gasteiger partial charge in [0.15, 0.2) is 5.76 Å². The Hall–Kier alpha value is -3.09. The van der Waals surface area contributed by atoms with Crippen molar-refractivity contribution in [3.63, 3.8) is 0 Å². The molecular weight excluding hydrogens is 358 g/mol. The molecule has 0 saturated heterocycles. The molecule has 1 aliphatic rings. The van der Waals surface area contributed by atoms with Crippen molar-refractivity contribution in [2.45, 2.75) is 38.3 Å². The monoisotopic (exact) mass is 383 g/mol. The number of amides is 3. The third-order valence-corrected chi connectivity index (χ3v) is 4.57. The zero-order valence-corrected chi connectivity index (χ0v) is 15.9. The highest BCUT2D eigenvalue weighted by Crippen LogP contribution is 2.19. The Kier molecular flexibility index (Phi) is 6.47. The summed E-state index contributed by atoms with van der Waals surface area (Å²) >= 11 is 0. The molecule has 0 spiro atoms. The first-order chi connectivity index (χ1) is 13.5. The fraction of sp³-hybridized carbons (Fsp3) is 0.381. The first kappa shape index (κ1) is 19.7. The Balaban J connectivity index is 1.37. The van der Waals surface area contributed by atoms with Crippen LogP contribution in [0.5, 0.6) is 0 Å².